The standard InChI is InChI=1S/C12H11FN4O2/c1-7-10(13)12(14-2)16-11(15-7)8-5-3-4-6-9(8)17(18)19/h3-6H,1-2H3,(H,14,15,16). The van der Waals surface area contributed by atoms with Crippen molar-refractivity contribution in [3.05, 3.63) is 45.9 Å². The van der Waals surface area contributed by atoms with Crippen LogP contribution in [0.3, 0.4) is 0 Å². The second kappa shape index (κ2) is 4.97. The zero-order chi connectivity index (χ0) is 14.0. The van der Waals surface area contributed by atoms with E-state index in [9.17, 15) is 14.5 Å². The fourth-order valence-electron chi connectivity index (χ4n) is 1.67. The molecule has 0 saturated carbocycles. The van der Waals surface area contributed by atoms with Crippen LogP contribution < -0.4 is 5.32 Å². The molecule has 0 radical (unpaired) electrons. The van der Waals surface area contributed by atoms with E-state index < -0.39 is 10.7 Å². The van der Waals surface area contributed by atoms with Gasteiger partial charge in [-0.2, -0.15) is 0 Å². The molecule has 0 saturated heterocycles. The molecule has 0 amide bonds. The highest BCUT2D eigenvalue weighted by atomic mass is 19.1. The van der Waals surface area contributed by atoms with E-state index in [4.69, 9.17) is 0 Å². The van der Waals surface area contributed by atoms with Crippen molar-refractivity contribution in [1.82, 2.24) is 9.97 Å². The van der Waals surface area contributed by atoms with Crippen LogP contribution in [0.5, 0.6) is 0 Å². The molecular weight excluding hydrogens is 251 g/mol. The molecule has 1 aromatic carbocycles. The summed E-state index contributed by atoms with van der Waals surface area (Å²) in [5.41, 5.74) is 0.273. The molecule has 19 heavy (non-hydrogen) atoms. The SMILES string of the molecule is CNc1nc(-c2ccccc2[N+](=O)[O-])nc(C)c1F. The molecule has 7 heteroatoms. The summed E-state index contributed by atoms with van der Waals surface area (Å²) in [6.45, 7) is 1.48. The van der Waals surface area contributed by atoms with Crippen LogP contribution >= 0.6 is 0 Å². The summed E-state index contributed by atoms with van der Waals surface area (Å²) in [5.74, 6) is -0.430. The number of nitrogens with one attached hydrogen (secondary N) is 1. The van der Waals surface area contributed by atoms with Gasteiger partial charge in [0.05, 0.1) is 16.2 Å². The minimum Gasteiger partial charge on any atom is -0.371 e. The van der Waals surface area contributed by atoms with Crippen molar-refractivity contribution in [1.29, 1.82) is 0 Å². The summed E-state index contributed by atoms with van der Waals surface area (Å²) in [7, 11) is 1.52. The molecule has 2 aromatic rings. The third kappa shape index (κ3) is 2.35. The van der Waals surface area contributed by atoms with E-state index >= 15 is 0 Å². The van der Waals surface area contributed by atoms with Crippen molar-refractivity contribution in [2.24, 2.45) is 0 Å². The van der Waals surface area contributed by atoms with Gasteiger partial charge in [0.15, 0.2) is 17.5 Å². The predicted molar refractivity (Wildman–Crippen MR) is 68.4 cm³/mol. The molecule has 1 heterocycles. The molecule has 0 spiro atoms. The molecule has 0 aliphatic rings. The number of benzene rings is 1. The normalized spacial score (nSPS) is 10.3. The minimum absolute atomic E-state index is 0.0145. The molecule has 1 N–H and O–H groups in total. The van der Waals surface area contributed by atoms with E-state index in [1.807, 2.05) is 0 Å². The van der Waals surface area contributed by atoms with E-state index in [1.165, 1.54) is 26.1 Å². The van der Waals surface area contributed by atoms with E-state index in [-0.39, 0.29) is 28.6 Å². The summed E-state index contributed by atoms with van der Waals surface area (Å²) in [6.07, 6.45) is 0. The quantitative estimate of drug-likeness (QED) is 0.679. The Kier molecular flexibility index (Phi) is 3.37. The van der Waals surface area contributed by atoms with Crippen LogP contribution in [0.1, 0.15) is 5.69 Å². The number of hydrogen-bond donors (Lipinski definition) is 1. The largest absolute Gasteiger partial charge is 0.371 e. The van der Waals surface area contributed by atoms with Gasteiger partial charge in [-0.25, -0.2) is 14.4 Å². The first-order valence-corrected chi connectivity index (χ1v) is 5.50. The summed E-state index contributed by atoms with van der Waals surface area (Å²) in [4.78, 5) is 18.4. The maximum atomic E-state index is 13.6. The van der Waals surface area contributed by atoms with Crippen molar-refractivity contribution in [3.8, 4) is 11.4 Å². The average molecular weight is 262 g/mol. The van der Waals surface area contributed by atoms with Gasteiger partial charge >= 0.3 is 0 Å². The summed E-state index contributed by atoms with van der Waals surface area (Å²) in [5, 5.41) is 13.6. The maximum Gasteiger partial charge on any atom is 0.280 e. The number of nitro groups is 1. The number of nitrogens with zero attached hydrogens (tertiary/aromatic N) is 3. The van der Waals surface area contributed by atoms with Crippen molar-refractivity contribution in [2.75, 3.05) is 12.4 Å². The fraction of sp³-hybridized carbons (Fsp3) is 0.167. The van der Waals surface area contributed by atoms with Crippen molar-refractivity contribution >= 4 is 11.5 Å². The highest BCUT2D eigenvalue weighted by molar-refractivity contribution is 5.68. The highest BCUT2D eigenvalue weighted by Crippen LogP contribution is 2.28. The van der Waals surface area contributed by atoms with E-state index in [0.717, 1.165) is 0 Å². The van der Waals surface area contributed by atoms with E-state index in [0.29, 0.717) is 0 Å². The molecule has 0 fully saturated rings. The Balaban J connectivity index is 2.66. The van der Waals surface area contributed by atoms with Gasteiger partial charge in [0.25, 0.3) is 5.69 Å². The first-order chi connectivity index (χ1) is 9.04. The van der Waals surface area contributed by atoms with E-state index in [1.54, 1.807) is 12.1 Å². The Bertz CT molecular complexity index is 646. The number of hydrogen-bond acceptors (Lipinski definition) is 5. The Morgan fingerprint density at radius 3 is 2.63 bits per heavy atom. The fourth-order valence-corrected chi connectivity index (χ4v) is 1.67. The molecule has 98 valence electrons. The molecule has 1 aromatic heterocycles. The third-order valence-electron chi connectivity index (χ3n) is 2.60. The minimum atomic E-state index is -0.565. The average Bonchev–Trinajstić information content (AvgIpc) is 2.41. The van der Waals surface area contributed by atoms with Gasteiger partial charge in [-0.05, 0) is 13.0 Å². The van der Waals surface area contributed by atoms with E-state index in [2.05, 4.69) is 15.3 Å². The summed E-state index contributed by atoms with van der Waals surface area (Å²) < 4.78 is 13.6. The van der Waals surface area contributed by atoms with Crippen molar-refractivity contribution in [3.63, 3.8) is 0 Å². The number of para-hydroxylation sites is 1. The number of halogens is 1. The number of nitro benzene ring substituents is 1. The predicted octanol–water partition coefficient (Wildman–Crippen LogP) is 2.54. The lowest BCUT2D eigenvalue weighted by Gasteiger charge is -2.07. The van der Waals surface area contributed by atoms with Gasteiger partial charge in [0.1, 0.15) is 0 Å². The van der Waals surface area contributed by atoms with Gasteiger partial charge in [-0.15, -0.1) is 0 Å². The summed E-state index contributed by atoms with van der Waals surface area (Å²) >= 11 is 0. The van der Waals surface area contributed by atoms with Crippen LogP contribution in [-0.4, -0.2) is 21.9 Å². The van der Waals surface area contributed by atoms with Crippen LogP contribution in [0.25, 0.3) is 11.4 Å². The van der Waals surface area contributed by atoms with Crippen LogP contribution in [-0.2, 0) is 0 Å². The maximum absolute atomic E-state index is 13.6. The number of aryl methyl sites for hydroxylation is 1. The van der Waals surface area contributed by atoms with Crippen LogP contribution in [0.4, 0.5) is 15.9 Å². The van der Waals surface area contributed by atoms with Crippen molar-refractivity contribution < 1.29 is 9.31 Å². The van der Waals surface area contributed by atoms with Crippen molar-refractivity contribution in [2.45, 2.75) is 6.92 Å². The van der Waals surface area contributed by atoms with Gasteiger partial charge in [0.2, 0.25) is 0 Å². The van der Waals surface area contributed by atoms with Gasteiger partial charge in [-0.3, -0.25) is 10.1 Å². The number of anilines is 1. The Labute approximate surface area is 108 Å². The molecular formula is C12H11FN4O2. The van der Waals surface area contributed by atoms with Gasteiger partial charge in [-0.1, -0.05) is 12.1 Å². The Hall–Kier alpha value is -2.57. The topological polar surface area (TPSA) is 81.0 Å². The van der Waals surface area contributed by atoms with Crippen LogP contribution in [0.15, 0.2) is 24.3 Å². The lowest BCUT2D eigenvalue weighted by molar-refractivity contribution is -0.384. The lowest BCUT2D eigenvalue weighted by Crippen LogP contribution is -2.04. The second-order valence-electron chi connectivity index (χ2n) is 3.82. The Morgan fingerprint density at radius 2 is 2.00 bits per heavy atom. The van der Waals surface area contributed by atoms with Gasteiger partial charge < -0.3 is 5.32 Å². The lowest BCUT2D eigenvalue weighted by atomic mass is 10.1. The monoisotopic (exact) mass is 262 g/mol. The first kappa shape index (κ1) is 12.9. The first-order valence-electron chi connectivity index (χ1n) is 5.50. The molecule has 0 unspecified atom stereocenters. The molecule has 0 bridgehead atoms. The molecule has 2 rings (SSSR count). The Morgan fingerprint density at radius 1 is 1.32 bits per heavy atom. The third-order valence-corrected chi connectivity index (χ3v) is 2.60. The van der Waals surface area contributed by atoms with Crippen LogP contribution in [0.2, 0.25) is 0 Å². The number of aromatic nitrogens is 2. The van der Waals surface area contributed by atoms with Gasteiger partial charge in [0, 0.05) is 13.1 Å². The molecule has 0 atom stereocenters. The molecule has 6 nitrogen and oxygen atoms in total. The summed E-state index contributed by atoms with van der Waals surface area (Å²) in [6, 6.07) is 6.08. The zero-order valence-corrected chi connectivity index (χ0v) is 10.3. The highest BCUT2D eigenvalue weighted by Gasteiger charge is 2.19. The molecule has 0 aliphatic carbocycles. The second-order valence-corrected chi connectivity index (χ2v) is 3.82. The molecule has 0 aliphatic heterocycles. The smallest absolute Gasteiger partial charge is 0.280 e. The number of rotatable bonds is 3. The zero-order valence-electron chi connectivity index (χ0n) is 10.3. The van der Waals surface area contributed by atoms with Crippen LogP contribution in [0, 0.1) is 22.9 Å².